The SMILES string of the molecule is CS(=O)(=O)c1cc(-c2ncc(-c3ccc(C(=N)N)cc3)[nH]2)ccc1OCC(=O)O. The Labute approximate surface area is 166 Å². The van der Waals surface area contributed by atoms with Gasteiger partial charge in [0.25, 0.3) is 0 Å². The Morgan fingerprint density at radius 2 is 1.86 bits per heavy atom. The number of hydrogen-bond donors (Lipinski definition) is 4. The number of nitrogens with zero attached hydrogens (tertiary/aromatic N) is 1. The van der Waals surface area contributed by atoms with Gasteiger partial charge in [-0.3, -0.25) is 5.41 Å². The van der Waals surface area contributed by atoms with Gasteiger partial charge in [0, 0.05) is 17.4 Å². The molecule has 9 nitrogen and oxygen atoms in total. The lowest BCUT2D eigenvalue weighted by atomic mass is 10.1. The molecule has 0 saturated heterocycles. The molecule has 0 spiro atoms. The summed E-state index contributed by atoms with van der Waals surface area (Å²) in [5.41, 5.74) is 8.07. The maximum Gasteiger partial charge on any atom is 0.341 e. The van der Waals surface area contributed by atoms with E-state index in [1.165, 1.54) is 12.1 Å². The fourth-order valence-electron chi connectivity index (χ4n) is 2.65. The molecule has 29 heavy (non-hydrogen) atoms. The van der Waals surface area contributed by atoms with Crippen molar-refractivity contribution in [2.45, 2.75) is 4.90 Å². The molecular weight excluding hydrogens is 396 g/mol. The van der Waals surface area contributed by atoms with Gasteiger partial charge in [-0.15, -0.1) is 0 Å². The molecule has 1 heterocycles. The highest BCUT2D eigenvalue weighted by atomic mass is 32.2. The van der Waals surface area contributed by atoms with Crippen molar-refractivity contribution in [1.29, 1.82) is 5.41 Å². The summed E-state index contributed by atoms with van der Waals surface area (Å²) < 4.78 is 29.3. The summed E-state index contributed by atoms with van der Waals surface area (Å²) in [7, 11) is -3.66. The van der Waals surface area contributed by atoms with Crippen LogP contribution in [0.2, 0.25) is 0 Å². The molecule has 0 fully saturated rings. The number of rotatable bonds is 7. The van der Waals surface area contributed by atoms with Crippen LogP contribution in [0.3, 0.4) is 0 Å². The third-order valence-corrected chi connectivity index (χ3v) is 5.17. The van der Waals surface area contributed by atoms with Gasteiger partial charge in [0.15, 0.2) is 16.4 Å². The zero-order valence-electron chi connectivity index (χ0n) is 15.3. The van der Waals surface area contributed by atoms with Crippen LogP contribution in [-0.2, 0) is 14.6 Å². The Morgan fingerprint density at radius 3 is 2.45 bits per heavy atom. The van der Waals surface area contributed by atoms with Crippen LogP contribution in [0.1, 0.15) is 5.56 Å². The van der Waals surface area contributed by atoms with Gasteiger partial charge < -0.3 is 20.6 Å². The van der Waals surface area contributed by atoms with Crippen molar-refractivity contribution in [2.75, 3.05) is 12.9 Å². The molecule has 0 aliphatic carbocycles. The second kappa shape index (κ2) is 7.76. The maximum atomic E-state index is 12.1. The average molecular weight is 414 g/mol. The number of nitrogens with one attached hydrogen (secondary N) is 2. The van der Waals surface area contributed by atoms with Crippen molar-refractivity contribution in [3.8, 4) is 28.4 Å². The van der Waals surface area contributed by atoms with Gasteiger partial charge in [-0.25, -0.2) is 18.2 Å². The predicted molar refractivity (Wildman–Crippen MR) is 107 cm³/mol. The second-order valence-electron chi connectivity index (χ2n) is 6.25. The molecule has 0 radical (unpaired) electrons. The fraction of sp³-hybridized carbons (Fsp3) is 0.105. The number of carboxylic acids is 1. The number of ether oxygens (including phenoxy) is 1. The van der Waals surface area contributed by atoms with Gasteiger partial charge in [-0.2, -0.15) is 0 Å². The van der Waals surface area contributed by atoms with Crippen molar-refractivity contribution < 1.29 is 23.1 Å². The van der Waals surface area contributed by atoms with Gasteiger partial charge in [-0.1, -0.05) is 24.3 Å². The van der Waals surface area contributed by atoms with E-state index in [2.05, 4.69) is 9.97 Å². The largest absolute Gasteiger partial charge is 0.481 e. The highest BCUT2D eigenvalue weighted by Crippen LogP contribution is 2.30. The molecule has 2 aromatic carbocycles. The lowest BCUT2D eigenvalue weighted by Crippen LogP contribution is -2.11. The predicted octanol–water partition coefficient (Wildman–Crippen LogP) is 1.89. The van der Waals surface area contributed by atoms with Gasteiger partial charge >= 0.3 is 5.97 Å². The van der Waals surface area contributed by atoms with E-state index in [0.29, 0.717) is 22.6 Å². The molecule has 3 aromatic rings. The summed E-state index contributed by atoms with van der Waals surface area (Å²) in [4.78, 5) is 18.0. The number of imidazole rings is 1. The number of amidine groups is 1. The Bertz CT molecular complexity index is 1180. The molecule has 150 valence electrons. The number of carbonyl (C=O) groups is 1. The quantitative estimate of drug-likeness (QED) is 0.339. The van der Waals surface area contributed by atoms with Crippen LogP contribution in [0.4, 0.5) is 0 Å². The summed E-state index contributed by atoms with van der Waals surface area (Å²) in [6.45, 7) is -0.650. The monoisotopic (exact) mass is 414 g/mol. The van der Waals surface area contributed by atoms with Crippen molar-refractivity contribution in [2.24, 2.45) is 5.73 Å². The summed E-state index contributed by atoms with van der Waals surface area (Å²) >= 11 is 0. The lowest BCUT2D eigenvalue weighted by Gasteiger charge is -2.10. The van der Waals surface area contributed by atoms with Crippen molar-refractivity contribution in [3.05, 3.63) is 54.2 Å². The molecule has 0 unspecified atom stereocenters. The summed E-state index contributed by atoms with van der Waals surface area (Å²) in [5, 5.41) is 16.2. The van der Waals surface area contributed by atoms with E-state index in [4.69, 9.17) is 21.0 Å². The van der Waals surface area contributed by atoms with E-state index < -0.39 is 22.4 Å². The Morgan fingerprint density at radius 1 is 1.21 bits per heavy atom. The van der Waals surface area contributed by atoms with Crippen LogP contribution in [0.15, 0.2) is 53.6 Å². The van der Waals surface area contributed by atoms with Crippen molar-refractivity contribution >= 4 is 21.6 Å². The molecule has 0 aliphatic heterocycles. The molecule has 1 aromatic heterocycles. The molecule has 0 amide bonds. The number of hydrogen-bond acceptors (Lipinski definition) is 6. The number of nitrogen functional groups attached to an aromatic ring is 1. The first kappa shape index (κ1) is 20.1. The Hall–Kier alpha value is -3.66. The minimum Gasteiger partial charge on any atom is -0.481 e. The maximum absolute atomic E-state index is 12.1. The first-order chi connectivity index (χ1) is 13.6. The third-order valence-electron chi connectivity index (χ3n) is 4.05. The minimum absolute atomic E-state index is 0.0274. The normalized spacial score (nSPS) is 11.2. The minimum atomic E-state index is -3.66. The van der Waals surface area contributed by atoms with Crippen LogP contribution < -0.4 is 10.5 Å². The van der Waals surface area contributed by atoms with Gasteiger partial charge in [0.2, 0.25) is 0 Å². The summed E-state index contributed by atoms with van der Waals surface area (Å²) in [6.07, 6.45) is 2.62. The van der Waals surface area contributed by atoms with Crippen LogP contribution in [-0.4, -0.2) is 48.2 Å². The third kappa shape index (κ3) is 4.61. The first-order valence-corrected chi connectivity index (χ1v) is 10.2. The number of benzene rings is 2. The van der Waals surface area contributed by atoms with Gasteiger partial charge in [0.1, 0.15) is 22.3 Å². The van der Waals surface area contributed by atoms with Gasteiger partial charge in [0.05, 0.1) is 11.9 Å². The zero-order chi connectivity index (χ0) is 21.2. The Balaban J connectivity index is 1.95. The number of nitrogens with two attached hydrogens (primary N) is 1. The summed E-state index contributed by atoms with van der Waals surface area (Å²) in [6, 6.07) is 11.4. The molecule has 5 N–H and O–H groups in total. The highest BCUT2D eigenvalue weighted by molar-refractivity contribution is 7.90. The van der Waals surface area contributed by atoms with E-state index in [1.54, 1.807) is 36.5 Å². The number of aromatic amines is 1. The van der Waals surface area contributed by atoms with Crippen molar-refractivity contribution in [1.82, 2.24) is 9.97 Å². The van der Waals surface area contributed by atoms with Crippen LogP contribution in [0, 0.1) is 5.41 Å². The lowest BCUT2D eigenvalue weighted by molar-refractivity contribution is -0.139. The van der Waals surface area contributed by atoms with Crippen LogP contribution >= 0.6 is 0 Å². The number of aliphatic carboxylic acids is 1. The fourth-order valence-corrected chi connectivity index (χ4v) is 3.48. The van der Waals surface area contributed by atoms with E-state index >= 15 is 0 Å². The molecule has 0 saturated carbocycles. The molecule has 0 bridgehead atoms. The summed E-state index contributed by atoms with van der Waals surface area (Å²) in [5.74, 6) is -0.837. The van der Waals surface area contributed by atoms with Gasteiger partial charge in [-0.05, 0) is 23.8 Å². The second-order valence-corrected chi connectivity index (χ2v) is 8.24. The average Bonchev–Trinajstić information content (AvgIpc) is 3.15. The standard InChI is InChI=1S/C19H18N4O5S/c1-29(26,27)16-8-13(6-7-15(16)28-10-17(24)25)19-22-9-14(23-19)11-2-4-12(5-3-11)18(20)21/h2-9H,10H2,1H3,(H3,20,21)(H,22,23)(H,24,25). The molecular formula is C19H18N4O5S. The smallest absolute Gasteiger partial charge is 0.341 e. The van der Waals surface area contributed by atoms with E-state index in [-0.39, 0.29) is 16.5 Å². The topological polar surface area (TPSA) is 159 Å². The zero-order valence-corrected chi connectivity index (χ0v) is 16.2. The highest BCUT2D eigenvalue weighted by Gasteiger charge is 2.18. The molecule has 0 aliphatic rings. The number of sulfone groups is 1. The number of H-pyrrole nitrogens is 1. The first-order valence-electron chi connectivity index (χ1n) is 8.34. The van der Waals surface area contributed by atoms with E-state index in [9.17, 15) is 13.2 Å². The van der Waals surface area contributed by atoms with Crippen LogP contribution in [0.25, 0.3) is 22.6 Å². The van der Waals surface area contributed by atoms with Crippen molar-refractivity contribution in [3.63, 3.8) is 0 Å². The van der Waals surface area contributed by atoms with Crippen LogP contribution in [0.5, 0.6) is 5.75 Å². The van der Waals surface area contributed by atoms with E-state index in [0.717, 1.165) is 11.8 Å². The molecule has 0 atom stereocenters. The van der Waals surface area contributed by atoms with E-state index in [1.807, 2.05) is 0 Å². The molecule has 10 heteroatoms. The number of carboxylic acid groups (broad SMARTS) is 1. The number of aromatic nitrogens is 2. The molecule has 3 rings (SSSR count). The Kier molecular flexibility index (Phi) is 5.37.